The number of nitrogens with zero attached hydrogens (tertiary/aromatic N) is 5. The van der Waals surface area contributed by atoms with Crippen LogP contribution >= 0.6 is 11.3 Å². The van der Waals surface area contributed by atoms with E-state index in [0.717, 1.165) is 53.2 Å². The van der Waals surface area contributed by atoms with E-state index in [0.29, 0.717) is 17.7 Å². The Morgan fingerprint density at radius 3 is 2.93 bits per heavy atom. The Hall–Kier alpha value is -2.23. The maximum absolute atomic E-state index is 6.32. The van der Waals surface area contributed by atoms with E-state index in [1.807, 2.05) is 22.8 Å². The van der Waals surface area contributed by atoms with Crippen LogP contribution in [0.4, 0.5) is 5.13 Å². The summed E-state index contributed by atoms with van der Waals surface area (Å²) in [5, 5.41) is 5.82. The molecule has 3 aromatic rings. The summed E-state index contributed by atoms with van der Waals surface area (Å²) < 4.78 is 13.4. The molecular formula is C20H26N6O2S. The van der Waals surface area contributed by atoms with Crippen LogP contribution in [0.25, 0.3) is 16.2 Å². The Bertz CT molecular complexity index is 1030. The van der Waals surface area contributed by atoms with Gasteiger partial charge in [-0.3, -0.25) is 0 Å². The molecule has 0 spiro atoms. The van der Waals surface area contributed by atoms with Crippen molar-refractivity contribution in [3.05, 3.63) is 24.0 Å². The average Bonchev–Trinajstić information content (AvgIpc) is 3.41. The Kier molecular flexibility index (Phi) is 4.68. The Labute approximate surface area is 173 Å². The van der Waals surface area contributed by atoms with Gasteiger partial charge in [0.1, 0.15) is 0 Å². The van der Waals surface area contributed by atoms with Gasteiger partial charge in [-0.1, -0.05) is 25.2 Å². The number of fused-ring (bicyclic) bond motifs is 2. The first-order valence-corrected chi connectivity index (χ1v) is 10.9. The summed E-state index contributed by atoms with van der Waals surface area (Å²) in [6.45, 7) is 6.70. The van der Waals surface area contributed by atoms with E-state index in [1.165, 1.54) is 0 Å². The van der Waals surface area contributed by atoms with Gasteiger partial charge in [0.05, 0.1) is 30.7 Å². The molecule has 0 unspecified atom stereocenters. The molecule has 154 valence electrons. The fraction of sp³-hybridized carbons (Fsp3) is 0.550. The van der Waals surface area contributed by atoms with Crippen molar-refractivity contribution in [2.24, 2.45) is 11.7 Å². The van der Waals surface area contributed by atoms with E-state index in [-0.39, 0.29) is 12.1 Å². The summed E-state index contributed by atoms with van der Waals surface area (Å²) in [6, 6.07) is 4.29. The minimum atomic E-state index is 0.197. The fourth-order valence-corrected chi connectivity index (χ4v) is 5.13. The molecule has 0 aromatic carbocycles. The number of rotatable bonds is 4. The van der Waals surface area contributed by atoms with Crippen LogP contribution in [0.3, 0.4) is 0 Å². The van der Waals surface area contributed by atoms with Gasteiger partial charge >= 0.3 is 0 Å². The molecule has 0 radical (unpaired) electrons. The third-order valence-corrected chi connectivity index (χ3v) is 6.91. The number of ether oxygens (including phenoxy) is 2. The lowest BCUT2D eigenvalue weighted by Gasteiger charge is -2.29. The second-order valence-corrected chi connectivity index (χ2v) is 9.04. The lowest BCUT2D eigenvalue weighted by molar-refractivity contribution is -0.00904. The molecule has 5 rings (SSSR count). The van der Waals surface area contributed by atoms with Crippen LogP contribution in [0.1, 0.15) is 31.9 Å². The van der Waals surface area contributed by atoms with Gasteiger partial charge in [0, 0.05) is 37.4 Å². The van der Waals surface area contributed by atoms with Crippen LogP contribution in [0.5, 0.6) is 5.88 Å². The van der Waals surface area contributed by atoms with Crippen LogP contribution in [0.2, 0.25) is 0 Å². The first kappa shape index (κ1) is 18.8. The highest BCUT2D eigenvalue weighted by molar-refractivity contribution is 7.20. The van der Waals surface area contributed by atoms with Gasteiger partial charge < -0.3 is 20.1 Å². The first-order chi connectivity index (χ1) is 14.0. The number of aromatic nitrogens is 4. The van der Waals surface area contributed by atoms with Crippen molar-refractivity contribution in [2.45, 2.75) is 38.3 Å². The normalized spacial score (nSPS) is 24.4. The summed E-state index contributed by atoms with van der Waals surface area (Å²) in [5.74, 6) is 1.30. The van der Waals surface area contributed by atoms with Crippen LogP contribution in [-0.2, 0) is 4.74 Å². The smallest absolute Gasteiger partial charge is 0.222 e. The monoisotopic (exact) mass is 414 g/mol. The molecule has 2 aliphatic rings. The lowest BCUT2D eigenvalue weighted by Crippen LogP contribution is -2.43. The number of hydrogen-bond donors (Lipinski definition) is 1. The van der Waals surface area contributed by atoms with E-state index < -0.39 is 0 Å². The predicted molar refractivity (Wildman–Crippen MR) is 113 cm³/mol. The molecule has 3 aromatic heterocycles. The first-order valence-electron chi connectivity index (χ1n) is 10.1. The second kappa shape index (κ2) is 7.23. The lowest BCUT2D eigenvalue weighted by atomic mass is 9.93. The molecule has 0 saturated carbocycles. The fourth-order valence-electron chi connectivity index (χ4n) is 4.23. The van der Waals surface area contributed by atoms with Crippen molar-refractivity contribution >= 4 is 21.4 Å². The second-order valence-electron chi connectivity index (χ2n) is 8.10. The molecule has 0 bridgehead atoms. The van der Waals surface area contributed by atoms with Crippen LogP contribution < -0.4 is 15.4 Å². The molecule has 0 amide bonds. The van der Waals surface area contributed by atoms with Gasteiger partial charge in [0.15, 0.2) is 0 Å². The topological polar surface area (TPSA) is 90.8 Å². The molecular weight excluding hydrogens is 388 g/mol. The number of imidazole rings is 1. The zero-order chi connectivity index (χ0) is 20.1. The molecule has 2 N–H and O–H groups in total. The average molecular weight is 415 g/mol. The number of hydrogen-bond acceptors (Lipinski definition) is 8. The van der Waals surface area contributed by atoms with Gasteiger partial charge in [-0.2, -0.15) is 0 Å². The SMILES string of the molecule is COc1nc(C(C)C)ccc1-c1cnc2sc(N3C[C@@H]4[C@H](C3)OCC[C@@H]4N)nn12. The zero-order valence-electron chi connectivity index (χ0n) is 16.9. The number of pyridine rings is 1. The van der Waals surface area contributed by atoms with Gasteiger partial charge in [-0.25, -0.2) is 14.5 Å². The molecule has 9 heteroatoms. The quantitative estimate of drug-likeness (QED) is 0.701. The van der Waals surface area contributed by atoms with Crippen LogP contribution in [-0.4, -0.2) is 58.5 Å². The van der Waals surface area contributed by atoms with Gasteiger partial charge in [0.2, 0.25) is 16.0 Å². The summed E-state index contributed by atoms with van der Waals surface area (Å²) >= 11 is 1.59. The molecule has 29 heavy (non-hydrogen) atoms. The minimum absolute atomic E-state index is 0.197. The van der Waals surface area contributed by atoms with Crippen molar-refractivity contribution in [3.63, 3.8) is 0 Å². The highest BCUT2D eigenvalue weighted by Gasteiger charge is 2.41. The minimum Gasteiger partial charge on any atom is -0.480 e. The molecule has 0 aliphatic carbocycles. The molecule has 8 nitrogen and oxygen atoms in total. The van der Waals surface area contributed by atoms with E-state index in [9.17, 15) is 0 Å². The van der Waals surface area contributed by atoms with Crippen molar-refractivity contribution in [3.8, 4) is 17.1 Å². The molecule has 5 heterocycles. The summed E-state index contributed by atoms with van der Waals surface area (Å²) in [7, 11) is 1.65. The van der Waals surface area contributed by atoms with Crippen LogP contribution in [0, 0.1) is 5.92 Å². The van der Waals surface area contributed by atoms with Crippen molar-refractivity contribution in [1.82, 2.24) is 19.6 Å². The number of anilines is 1. The maximum atomic E-state index is 6.32. The third-order valence-electron chi connectivity index (χ3n) is 5.93. The standard InChI is InChI=1S/C20H26N6O2S/c1-11(2)15-5-4-12(18(23-15)27-3)16-8-22-19-26(16)24-20(29-19)25-9-13-14(21)6-7-28-17(13)10-25/h4-5,8,11,13-14,17H,6-7,9-10,21H2,1-3H3/t13-,14-,17-/m0/s1. The molecule has 3 atom stereocenters. The predicted octanol–water partition coefficient (Wildman–Crippen LogP) is 2.54. The van der Waals surface area contributed by atoms with E-state index in [1.54, 1.807) is 18.4 Å². The maximum Gasteiger partial charge on any atom is 0.222 e. The number of methoxy groups -OCH3 is 1. The Morgan fingerprint density at radius 2 is 2.17 bits per heavy atom. The van der Waals surface area contributed by atoms with E-state index >= 15 is 0 Å². The summed E-state index contributed by atoms with van der Waals surface area (Å²) in [6.07, 6.45) is 2.96. The van der Waals surface area contributed by atoms with Crippen LogP contribution in [0.15, 0.2) is 18.3 Å². The number of nitrogens with two attached hydrogens (primary N) is 1. The highest BCUT2D eigenvalue weighted by Crippen LogP contribution is 2.36. The van der Waals surface area contributed by atoms with Gasteiger partial charge in [0.25, 0.3) is 0 Å². The molecule has 2 fully saturated rings. The van der Waals surface area contributed by atoms with E-state index in [4.69, 9.17) is 20.3 Å². The van der Waals surface area contributed by atoms with Gasteiger partial charge in [-0.05, 0) is 24.5 Å². The highest BCUT2D eigenvalue weighted by atomic mass is 32.1. The summed E-state index contributed by atoms with van der Waals surface area (Å²) in [4.78, 5) is 12.4. The Morgan fingerprint density at radius 1 is 1.31 bits per heavy atom. The van der Waals surface area contributed by atoms with Crippen molar-refractivity contribution in [2.75, 3.05) is 31.7 Å². The van der Waals surface area contributed by atoms with Crippen molar-refractivity contribution < 1.29 is 9.47 Å². The third kappa shape index (κ3) is 3.17. The molecule has 2 saturated heterocycles. The van der Waals surface area contributed by atoms with Gasteiger partial charge in [-0.15, -0.1) is 5.10 Å². The Balaban J connectivity index is 1.48. The molecule has 2 aliphatic heterocycles. The van der Waals surface area contributed by atoms with E-state index in [2.05, 4.69) is 28.7 Å². The van der Waals surface area contributed by atoms with Crippen molar-refractivity contribution in [1.29, 1.82) is 0 Å². The summed E-state index contributed by atoms with van der Waals surface area (Å²) in [5.41, 5.74) is 9.09. The zero-order valence-corrected chi connectivity index (χ0v) is 17.7. The largest absolute Gasteiger partial charge is 0.480 e.